The lowest BCUT2D eigenvalue weighted by molar-refractivity contribution is -0.130. The van der Waals surface area contributed by atoms with Gasteiger partial charge in [-0.15, -0.1) is 0 Å². The Bertz CT molecular complexity index is 734. The van der Waals surface area contributed by atoms with Gasteiger partial charge in [-0.3, -0.25) is 4.79 Å². The molecule has 140 valence electrons. The number of rotatable bonds is 9. The van der Waals surface area contributed by atoms with Gasteiger partial charge in [0, 0.05) is 37.8 Å². The van der Waals surface area contributed by atoms with Crippen LogP contribution in [0.1, 0.15) is 30.9 Å². The number of halogens is 1. The van der Waals surface area contributed by atoms with Gasteiger partial charge >= 0.3 is 0 Å². The molecule has 0 aliphatic carbocycles. The molecule has 0 aliphatic heterocycles. The molecule has 1 N–H and O–H groups in total. The number of methoxy groups -OCH3 is 1. The van der Waals surface area contributed by atoms with Gasteiger partial charge in [0.2, 0.25) is 5.91 Å². The lowest BCUT2D eigenvalue weighted by Gasteiger charge is -2.19. The van der Waals surface area contributed by atoms with Gasteiger partial charge in [-0.25, -0.2) is 4.39 Å². The van der Waals surface area contributed by atoms with Crippen LogP contribution in [0.3, 0.4) is 0 Å². The maximum Gasteiger partial charge on any atom is 0.222 e. The van der Waals surface area contributed by atoms with Crippen LogP contribution >= 0.6 is 0 Å². The van der Waals surface area contributed by atoms with Crippen LogP contribution in [0.25, 0.3) is 0 Å². The lowest BCUT2D eigenvalue weighted by Crippen LogP contribution is -2.26. The molecule has 2 aromatic carbocycles. The summed E-state index contributed by atoms with van der Waals surface area (Å²) in [5.41, 5.74) is 2.87. The van der Waals surface area contributed by atoms with Gasteiger partial charge < -0.3 is 15.0 Å². The van der Waals surface area contributed by atoms with E-state index in [1.165, 1.54) is 6.07 Å². The number of hydrogen-bond donors (Lipinski definition) is 1. The fourth-order valence-electron chi connectivity index (χ4n) is 2.86. The van der Waals surface area contributed by atoms with Crippen LogP contribution in [-0.2, 0) is 17.8 Å². The number of amides is 1. The molecular formula is C21H27FN2O2. The summed E-state index contributed by atoms with van der Waals surface area (Å²) in [5.74, 6) is 0.658. The number of benzene rings is 2. The molecule has 1 amide bonds. The molecule has 5 heteroatoms. The van der Waals surface area contributed by atoms with Crippen molar-refractivity contribution in [2.24, 2.45) is 0 Å². The van der Waals surface area contributed by atoms with E-state index in [9.17, 15) is 9.18 Å². The average Bonchev–Trinajstić information content (AvgIpc) is 2.66. The first-order chi connectivity index (χ1) is 12.5. The Hall–Kier alpha value is -2.56. The summed E-state index contributed by atoms with van der Waals surface area (Å²) < 4.78 is 18.6. The van der Waals surface area contributed by atoms with Gasteiger partial charge in [0.15, 0.2) is 0 Å². The first kappa shape index (κ1) is 19.8. The van der Waals surface area contributed by atoms with Crippen molar-refractivity contribution in [3.63, 3.8) is 0 Å². The molecular weight excluding hydrogens is 331 g/mol. The van der Waals surface area contributed by atoms with E-state index in [0.29, 0.717) is 19.5 Å². The molecule has 0 atom stereocenters. The molecule has 0 fully saturated rings. The standard InChI is InChI=1S/C21H27FN2O2/c1-4-16-14-18(22)11-12-19(16)23-13-7-10-21(25)24(2)15-17-8-5-6-9-20(17)26-3/h5-6,8-9,11-12,14,23H,4,7,10,13,15H2,1-3H3. The van der Waals surface area contributed by atoms with E-state index in [-0.39, 0.29) is 11.7 Å². The molecule has 0 bridgehead atoms. The number of carbonyl (C=O) groups is 1. The van der Waals surface area contributed by atoms with E-state index in [0.717, 1.165) is 35.4 Å². The maximum absolute atomic E-state index is 13.3. The van der Waals surface area contributed by atoms with Crippen LogP contribution in [0.4, 0.5) is 10.1 Å². The van der Waals surface area contributed by atoms with Gasteiger partial charge in [-0.2, -0.15) is 0 Å². The SMILES string of the molecule is CCc1cc(F)ccc1NCCCC(=O)N(C)Cc1ccccc1OC. The van der Waals surface area contributed by atoms with Crippen LogP contribution in [0, 0.1) is 5.82 Å². The highest BCUT2D eigenvalue weighted by Crippen LogP contribution is 2.20. The van der Waals surface area contributed by atoms with E-state index in [1.807, 2.05) is 31.2 Å². The van der Waals surface area contributed by atoms with Crippen molar-refractivity contribution < 1.29 is 13.9 Å². The molecule has 0 unspecified atom stereocenters. The fourth-order valence-corrected chi connectivity index (χ4v) is 2.86. The van der Waals surface area contributed by atoms with Crippen LogP contribution < -0.4 is 10.1 Å². The number of nitrogens with zero attached hydrogens (tertiary/aromatic N) is 1. The minimum Gasteiger partial charge on any atom is -0.496 e. The molecule has 0 spiro atoms. The highest BCUT2D eigenvalue weighted by molar-refractivity contribution is 5.76. The number of aryl methyl sites for hydroxylation is 1. The van der Waals surface area contributed by atoms with Crippen molar-refractivity contribution in [1.82, 2.24) is 4.90 Å². The molecule has 0 saturated heterocycles. The third kappa shape index (κ3) is 5.48. The average molecular weight is 358 g/mol. The number of nitrogens with one attached hydrogen (secondary N) is 1. The number of para-hydroxylation sites is 1. The molecule has 2 aromatic rings. The predicted molar refractivity (Wildman–Crippen MR) is 103 cm³/mol. The van der Waals surface area contributed by atoms with Crippen molar-refractivity contribution in [1.29, 1.82) is 0 Å². The van der Waals surface area contributed by atoms with Crippen LogP contribution in [-0.4, -0.2) is 31.5 Å². The van der Waals surface area contributed by atoms with Gasteiger partial charge in [0.1, 0.15) is 11.6 Å². The van der Waals surface area contributed by atoms with Gasteiger partial charge in [0.05, 0.1) is 7.11 Å². The number of hydrogen-bond acceptors (Lipinski definition) is 3. The second-order valence-corrected chi connectivity index (χ2v) is 6.25. The van der Waals surface area contributed by atoms with Gasteiger partial charge in [-0.05, 0) is 42.7 Å². The van der Waals surface area contributed by atoms with E-state index >= 15 is 0 Å². The Morgan fingerprint density at radius 3 is 2.69 bits per heavy atom. The summed E-state index contributed by atoms with van der Waals surface area (Å²) in [4.78, 5) is 14.0. The van der Waals surface area contributed by atoms with Crippen molar-refractivity contribution in [2.75, 3.05) is 26.0 Å². The smallest absolute Gasteiger partial charge is 0.222 e. The first-order valence-electron chi connectivity index (χ1n) is 8.93. The van der Waals surface area contributed by atoms with E-state index in [1.54, 1.807) is 31.2 Å². The highest BCUT2D eigenvalue weighted by atomic mass is 19.1. The Morgan fingerprint density at radius 1 is 1.19 bits per heavy atom. The normalized spacial score (nSPS) is 10.5. The van der Waals surface area contributed by atoms with Crippen molar-refractivity contribution in [2.45, 2.75) is 32.7 Å². The summed E-state index contributed by atoms with van der Waals surface area (Å²) in [6, 6.07) is 12.5. The molecule has 0 aromatic heterocycles. The van der Waals surface area contributed by atoms with Crippen LogP contribution in [0.5, 0.6) is 5.75 Å². The Labute approximate surface area is 155 Å². The second-order valence-electron chi connectivity index (χ2n) is 6.25. The van der Waals surface area contributed by atoms with Crippen LogP contribution in [0.15, 0.2) is 42.5 Å². The van der Waals surface area contributed by atoms with Crippen molar-refractivity contribution in [3.05, 3.63) is 59.4 Å². The topological polar surface area (TPSA) is 41.6 Å². The number of ether oxygens (including phenoxy) is 1. The monoisotopic (exact) mass is 358 g/mol. The third-order valence-electron chi connectivity index (χ3n) is 4.36. The van der Waals surface area contributed by atoms with Gasteiger partial charge in [0.25, 0.3) is 0 Å². The Balaban J connectivity index is 1.79. The quantitative estimate of drug-likeness (QED) is 0.682. The zero-order chi connectivity index (χ0) is 18.9. The summed E-state index contributed by atoms with van der Waals surface area (Å²) in [6.07, 6.45) is 1.94. The van der Waals surface area contributed by atoms with Gasteiger partial charge in [-0.1, -0.05) is 25.1 Å². The van der Waals surface area contributed by atoms with Crippen molar-refractivity contribution >= 4 is 11.6 Å². The molecule has 26 heavy (non-hydrogen) atoms. The van der Waals surface area contributed by atoms with Crippen LogP contribution in [0.2, 0.25) is 0 Å². The summed E-state index contributed by atoms with van der Waals surface area (Å²) in [5, 5.41) is 3.30. The largest absolute Gasteiger partial charge is 0.496 e. The van der Waals surface area contributed by atoms with Crippen molar-refractivity contribution in [3.8, 4) is 5.75 Å². The molecule has 2 rings (SSSR count). The Kier molecular flexibility index (Phi) is 7.45. The second kappa shape index (κ2) is 9.80. The third-order valence-corrected chi connectivity index (χ3v) is 4.36. The zero-order valence-electron chi connectivity index (χ0n) is 15.7. The first-order valence-corrected chi connectivity index (χ1v) is 8.93. The molecule has 0 aliphatic rings. The number of anilines is 1. The summed E-state index contributed by atoms with van der Waals surface area (Å²) >= 11 is 0. The summed E-state index contributed by atoms with van der Waals surface area (Å²) in [7, 11) is 3.43. The summed E-state index contributed by atoms with van der Waals surface area (Å²) in [6.45, 7) is 3.19. The minimum absolute atomic E-state index is 0.0903. The molecule has 0 radical (unpaired) electrons. The predicted octanol–water partition coefficient (Wildman–Crippen LogP) is 4.25. The molecule has 4 nitrogen and oxygen atoms in total. The maximum atomic E-state index is 13.3. The number of carbonyl (C=O) groups excluding carboxylic acids is 1. The fraction of sp³-hybridized carbons (Fsp3) is 0.381. The molecule has 0 heterocycles. The highest BCUT2D eigenvalue weighted by Gasteiger charge is 2.11. The Morgan fingerprint density at radius 2 is 1.96 bits per heavy atom. The van der Waals surface area contributed by atoms with E-state index in [4.69, 9.17) is 4.74 Å². The lowest BCUT2D eigenvalue weighted by atomic mass is 10.1. The molecule has 0 saturated carbocycles. The minimum atomic E-state index is -0.222. The van der Waals surface area contributed by atoms with E-state index < -0.39 is 0 Å². The zero-order valence-corrected chi connectivity index (χ0v) is 15.7. The van der Waals surface area contributed by atoms with E-state index in [2.05, 4.69) is 5.32 Å².